The highest BCUT2D eigenvalue weighted by Gasteiger charge is 2.49. The lowest BCUT2D eigenvalue weighted by atomic mass is 9.96. The largest absolute Gasteiger partial charge is 0.481 e. The summed E-state index contributed by atoms with van der Waals surface area (Å²) in [6, 6.07) is -5.82. The first-order valence-corrected chi connectivity index (χ1v) is 46.4. The highest BCUT2D eigenvalue weighted by Crippen LogP contribution is 2.27. The molecule has 2 saturated heterocycles. The Labute approximate surface area is 810 Å². The van der Waals surface area contributed by atoms with E-state index in [1.54, 1.807) is 71.9 Å². The summed E-state index contributed by atoms with van der Waals surface area (Å²) in [4.78, 5) is 315. The third-order valence-corrected chi connectivity index (χ3v) is 23.2. The molecule has 0 saturated carbocycles. The number of amides is 22. The minimum Gasteiger partial charge on any atom is -0.481 e. The normalized spacial score (nSPS) is 16.2. The highest BCUT2D eigenvalue weighted by atomic mass is 16.4. The molecule has 1 aromatic carbocycles. The van der Waals surface area contributed by atoms with Gasteiger partial charge in [0.25, 0.3) is 0 Å². The van der Waals surface area contributed by atoms with Gasteiger partial charge < -0.3 is 127 Å². The van der Waals surface area contributed by atoms with Crippen LogP contribution in [0.15, 0.2) is 30.3 Å². The molecule has 22 amide bonds. The van der Waals surface area contributed by atoms with Crippen LogP contribution in [0.2, 0.25) is 0 Å². The van der Waals surface area contributed by atoms with Crippen molar-refractivity contribution in [3.63, 3.8) is 0 Å². The Kier molecular flexibility index (Phi) is 44.1. The number of carbonyl (C=O) groups excluding carboxylic acids is 22. The summed E-state index contributed by atoms with van der Waals surface area (Å²) in [6.45, 7) is 33.8. The van der Waals surface area contributed by atoms with E-state index in [4.69, 9.17) is 11.5 Å². The van der Waals surface area contributed by atoms with Crippen LogP contribution in [0.5, 0.6) is 0 Å². The molecule has 139 heavy (non-hydrogen) atoms. The zero-order chi connectivity index (χ0) is 107. The molecule has 778 valence electrons. The summed E-state index contributed by atoms with van der Waals surface area (Å²) >= 11 is 0. The molecular formula is C92H150N22O25. The molecule has 0 unspecified atom stereocenters. The van der Waals surface area contributed by atoms with Crippen molar-refractivity contribution in [1.29, 1.82) is 0 Å². The SMILES string of the molecule is CC(=O)NC(C)(C)C(=O)N1CCC[C@@H]1C(=O)NC(C)(C)C(=O)N[C@H](C)C(=O)NC(C)(C)C(=O)N[C@H](C)C(=O)N[C@H](CCC(N)=O)C(=O)NC(C)(C)C(=O)N[C@@H](C(=O)NC(C)(C)C(=O)NCC(=O)N[C@H](CC(C)C)C(=O)NC(C)(C)C(=O)N1CCC[C@@H]1C(=O)N[C@@H](C(=O)NC(C)(C)C(=O)NC(C)(C)C(=O)N[C@H](CCC(=O)O)C(=O)N[C@H](CCC(N)=O)C(=O)N[C@@H](CO)Cc1ccccc1)C(C)C)C(C)C. The van der Waals surface area contributed by atoms with Crippen molar-refractivity contribution in [3.8, 4) is 0 Å². The van der Waals surface area contributed by atoms with Gasteiger partial charge in [-0.15, -0.1) is 0 Å². The van der Waals surface area contributed by atoms with Gasteiger partial charge >= 0.3 is 5.97 Å². The van der Waals surface area contributed by atoms with Crippen LogP contribution in [0.4, 0.5) is 0 Å². The number of hydrogen-bond donors (Lipinski definition) is 22. The van der Waals surface area contributed by atoms with Crippen LogP contribution in [0.1, 0.15) is 249 Å². The van der Waals surface area contributed by atoms with Gasteiger partial charge in [-0.2, -0.15) is 0 Å². The van der Waals surface area contributed by atoms with E-state index in [1.807, 2.05) is 0 Å². The molecule has 0 aliphatic carbocycles. The average molecular weight is 1960 g/mol. The Bertz CT molecular complexity index is 4700. The number of nitrogens with zero attached hydrogens (tertiary/aromatic N) is 2. The van der Waals surface area contributed by atoms with E-state index in [-0.39, 0.29) is 51.1 Å². The molecule has 2 aliphatic heterocycles. The summed E-state index contributed by atoms with van der Waals surface area (Å²) in [5.74, 6) is -21.7. The second-order valence-corrected chi connectivity index (χ2v) is 40.8. The lowest BCUT2D eigenvalue weighted by molar-refractivity contribution is -0.146. The standard InChI is InChI=1S/C92H150N22O25/c1-47(2)43-58(72(127)108-92(24,25)84(139)113-41-29-33-59(113)73(128)103-65(48(3)4)75(130)111-90(20,21)82(137)112-89(18,19)80(135)102-56(37-40-64(120)121)70(125)101-55(35-38-61(93)117)69(124)98-54(46-115)44-53-31-27-26-28-32-53)99-63(119)45-95-77(132)85(10,11)110-76(131)66(49(5)6)104-81(136)88(16,17)107-71(126)57(36-39-62(94)118)100-67(122)50(7)96-78(133)86(12,13)106-68(123)51(8)97-79(134)87(14,15)109-74(129)60-34-30-42-114(60)83(138)91(22,23)105-52(9)116/h26-28,31-32,47-51,54-60,65-66,115H,29-30,33-46H2,1-25H3,(H2,93,117)(H2,94,118)(H,95,132)(H,96,133)(H,97,134)(H,98,124)(H,99,119)(H,100,122)(H,101,125)(H,102,135)(H,103,128)(H,104,136)(H,105,116)(H,106,123)(H,107,126)(H,108,127)(H,109,129)(H,110,131)(H,111,130)(H,112,137)(H,120,121)/t50-,51-,54-,55-,56-,57-,58-,59-,60-,65-,66-/m1/s1. The maximum atomic E-state index is 14.6. The Balaban J connectivity index is 1.65. The summed E-state index contributed by atoms with van der Waals surface area (Å²) in [5, 5.41) is 65.4. The van der Waals surface area contributed by atoms with Crippen LogP contribution in [0, 0.1) is 17.8 Å². The number of aliphatic hydroxyl groups is 1. The van der Waals surface area contributed by atoms with Crippen molar-refractivity contribution >= 4 is 136 Å². The van der Waals surface area contributed by atoms with Gasteiger partial charge in [-0.3, -0.25) is 110 Å². The number of aliphatic carboxylic acids is 1. The topological polar surface area (TPSA) is 708 Å². The zero-order valence-corrected chi connectivity index (χ0v) is 84.6. The van der Waals surface area contributed by atoms with Gasteiger partial charge in [0.15, 0.2) is 0 Å². The maximum Gasteiger partial charge on any atom is 0.303 e. The quantitative estimate of drug-likeness (QED) is 0.0293. The maximum absolute atomic E-state index is 14.6. The first kappa shape index (κ1) is 120. The highest BCUT2D eigenvalue weighted by molar-refractivity contribution is 6.05. The summed E-state index contributed by atoms with van der Waals surface area (Å²) < 4.78 is 0. The molecule has 2 heterocycles. The first-order chi connectivity index (χ1) is 63.8. The van der Waals surface area contributed by atoms with Gasteiger partial charge in [-0.1, -0.05) is 71.9 Å². The van der Waals surface area contributed by atoms with Gasteiger partial charge in [0.2, 0.25) is 130 Å². The Morgan fingerprint density at radius 3 is 1.22 bits per heavy atom. The molecule has 24 N–H and O–H groups in total. The second kappa shape index (κ2) is 51.1. The van der Waals surface area contributed by atoms with Crippen LogP contribution in [-0.4, -0.2) is 293 Å². The van der Waals surface area contributed by atoms with Crippen LogP contribution < -0.4 is 107 Å². The number of aliphatic hydroxyl groups excluding tert-OH is 1. The third-order valence-electron chi connectivity index (χ3n) is 23.2. The molecule has 2 fully saturated rings. The fourth-order valence-electron chi connectivity index (χ4n) is 14.8. The number of likely N-dealkylation sites (tertiary alicyclic amines) is 2. The monoisotopic (exact) mass is 1960 g/mol. The first-order valence-electron chi connectivity index (χ1n) is 46.4. The Morgan fingerprint density at radius 2 is 0.755 bits per heavy atom. The lowest BCUT2D eigenvalue weighted by Crippen LogP contribution is -2.66. The fraction of sp³-hybridized carbons (Fsp3) is 0.685. The number of nitrogens with one attached hydrogen (secondary N) is 18. The summed E-state index contributed by atoms with van der Waals surface area (Å²) in [5.41, 5.74) is -2.50. The van der Waals surface area contributed by atoms with E-state index in [0.717, 1.165) is 5.56 Å². The molecule has 47 heteroatoms. The van der Waals surface area contributed by atoms with Crippen LogP contribution in [0.25, 0.3) is 0 Å². The second-order valence-electron chi connectivity index (χ2n) is 40.8. The number of nitrogens with two attached hydrogens (primary N) is 2. The van der Waals surface area contributed by atoms with Crippen molar-refractivity contribution in [2.24, 2.45) is 29.2 Å². The summed E-state index contributed by atoms with van der Waals surface area (Å²) in [7, 11) is 0. The molecule has 11 atom stereocenters. The Hall–Kier alpha value is -13.0. The van der Waals surface area contributed by atoms with Crippen molar-refractivity contribution in [3.05, 3.63) is 35.9 Å². The van der Waals surface area contributed by atoms with Crippen molar-refractivity contribution in [1.82, 2.24) is 106 Å². The minimum atomic E-state index is -1.92. The summed E-state index contributed by atoms with van der Waals surface area (Å²) in [6.07, 6.45) is -1.46. The molecule has 47 nitrogen and oxygen atoms in total. The Morgan fingerprint density at radius 1 is 0.381 bits per heavy atom. The van der Waals surface area contributed by atoms with E-state index >= 15 is 0 Å². The van der Waals surface area contributed by atoms with Gasteiger partial charge in [0.05, 0.1) is 19.2 Å². The number of hydrogen-bond acceptors (Lipinski definition) is 24. The van der Waals surface area contributed by atoms with Crippen molar-refractivity contribution in [2.45, 2.75) is 361 Å². The van der Waals surface area contributed by atoms with E-state index in [1.165, 1.54) is 141 Å². The van der Waals surface area contributed by atoms with Crippen molar-refractivity contribution in [2.75, 3.05) is 26.2 Å². The smallest absolute Gasteiger partial charge is 0.303 e. The van der Waals surface area contributed by atoms with Crippen LogP contribution >= 0.6 is 0 Å². The number of carboxylic acids is 1. The van der Waals surface area contributed by atoms with Gasteiger partial charge in [0, 0.05) is 39.3 Å². The number of rotatable bonds is 53. The lowest BCUT2D eigenvalue weighted by Gasteiger charge is -2.36. The number of carboxylic acid groups (broad SMARTS) is 1. The van der Waals surface area contributed by atoms with Crippen LogP contribution in [0.3, 0.4) is 0 Å². The van der Waals surface area contributed by atoms with Gasteiger partial charge in [-0.25, -0.2) is 0 Å². The molecule has 2 aliphatic rings. The molecule has 3 rings (SSSR count). The molecular weight excluding hydrogens is 1810 g/mol. The van der Waals surface area contributed by atoms with E-state index in [2.05, 4.69) is 95.7 Å². The average Bonchev–Trinajstić information content (AvgIpc) is 1.63. The fourth-order valence-corrected chi connectivity index (χ4v) is 14.8. The number of primary amides is 2. The molecule has 0 radical (unpaired) electrons. The van der Waals surface area contributed by atoms with E-state index in [9.17, 15) is 120 Å². The molecule has 1 aromatic rings. The third kappa shape index (κ3) is 37.3. The van der Waals surface area contributed by atoms with Gasteiger partial charge in [0.1, 0.15) is 105 Å². The minimum absolute atomic E-state index is 0.00371. The molecule has 0 aromatic heterocycles. The van der Waals surface area contributed by atoms with Crippen LogP contribution in [-0.2, 0) is 117 Å². The van der Waals surface area contributed by atoms with Gasteiger partial charge in [-0.05, 0) is 206 Å². The van der Waals surface area contributed by atoms with E-state index in [0.29, 0.717) is 12.8 Å². The predicted molar refractivity (Wildman–Crippen MR) is 505 cm³/mol. The predicted octanol–water partition coefficient (Wildman–Crippen LogP) is -4.35. The molecule has 0 bridgehead atoms. The van der Waals surface area contributed by atoms with E-state index < -0.39 is 304 Å². The number of carbonyl (C=O) groups is 23. The molecule has 0 spiro atoms. The number of benzene rings is 1. The zero-order valence-electron chi connectivity index (χ0n) is 84.6. The van der Waals surface area contributed by atoms with Crippen molar-refractivity contribution < 1.29 is 120 Å².